The average Bonchev–Trinajstić information content (AvgIpc) is 2.82. The molecule has 5 nitrogen and oxygen atoms in total. The molecule has 1 aliphatic heterocycles. The molecule has 0 saturated carbocycles. The molecule has 1 aromatic heterocycles. The Morgan fingerprint density at radius 2 is 1.48 bits per heavy atom. The fraction of sp³-hybridized carbons (Fsp3) is 0.368. The van der Waals surface area contributed by atoms with Crippen molar-refractivity contribution in [2.24, 2.45) is 0 Å². The summed E-state index contributed by atoms with van der Waals surface area (Å²) in [5, 5.41) is 7.12. The Bertz CT molecular complexity index is 853. The van der Waals surface area contributed by atoms with E-state index in [1.165, 1.54) is 6.07 Å². The first-order valence-electron chi connectivity index (χ1n) is 8.61. The molecule has 1 aliphatic rings. The Morgan fingerprint density at radius 1 is 1.00 bits per heavy atom. The minimum Gasteiger partial charge on any atom is -0.475 e. The van der Waals surface area contributed by atoms with E-state index in [2.05, 4.69) is 4.98 Å². The number of aliphatic carboxylic acids is 1. The minimum absolute atomic E-state index is 0.361. The zero-order valence-corrected chi connectivity index (χ0v) is 16.2. The van der Waals surface area contributed by atoms with E-state index in [0.717, 1.165) is 11.0 Å². The highest BCUT2D eigenvalue weighted by atomic mass is 19.4. The molecule has 0 bridgehead atoms. The molecule has 1 N–H and O–H groups in total. The number of alkyl halides is 3. The summed E-state index contributed by atoms with van der Waals surface area (Å²) < 4.78 is 57.0. The lowest BCUT2D eigenvalue weighted by Gasteiger charge is -2.32. The van der Waals surface area contributed by atoms with Gasteiger partial charge in [0, 0.05) is 5.56 Å². The van der Waals surface area contributed by atoms with Crippen LogP contribution in [-0.4, -0.2) is 40.6 Å². The maximum Gasteiger partial charge on any atom is 0.494 e. The highest BCUT2D eigenvalue weighted by Crippen LogP contribution is 2.36. The van der Waals surface area contributed by atoms with Gasteiger partial charge in [-0.15, -0.1) is 0 Å². The highest BCUT2D eigenvalue weighted by Gasteiger charge is 2.51. The van der Waals surface area contributed by atoms with Crippen molar-refractivity contribution in [3.63, 3.8) is 0 Å². The number of benzene rings is 1. The molecule has 2 aromatic rings. The van der Waals surface area contributed by atoms with Crippen molar-refractivity contribution in [3.8, 4) is 11.3 Å². The second-order valence-electron chi connectivity index (χ2n) is 7.36. The molecule has 2 heterocycles. The molecule has 0 atom stereocenters. The van der Waals surface area contributed by atoms with Crippen LogP contribution in [0.5, 0.6) is 0 Å². The number of hydrogen-bond acceptors (Lipinski definition) is 4. The molecule has 1 aromatic carbocycles. The number of pyridine rings is 1. The molecule has 0 radical (unpaired) electrons. The molecule has 0 aliphatic carbocycles. The van der Waals surface area contributed by atoms with Crippen LogP contribution in [0.25, 0.3) is 11.3 Å². The van der Waals surface area contributed by atoms with Crippen LogP contribution in [-0.2, 0) is 14.1 Å². The lowest BCUT2D eigenvalue weighted by molar-refractivity contribution is -0.192. The third kappa shape index (κ3) is 5.54. The summed E-state index contributed by atoms with van der Waals surface area (Å²) in [5.74, 6) is -3.24. The van der Waals surface area contributed by atoms with E-state index in [0.29, 0.717) is 5.69 Å². The zero-order chi connectivity index (χ0) is 22.0. The molecule has 1 saturated heterocycles. The predicted octanol–water partition coefficient (Wildman–Crippen LogP) is 3.82. The molecule has 29 heavy (non-hydrogen) atoms. The lowest BCUT2D eigenvalue weighted by Crippen LogP contribution is -2.41. The van der Waals surface area contributed by atoms with Crippen molar-refractivity contribution < 1.29 is 36.8 Å². The van der Waals surface area contributed by atoms with E-state index in [1.807, 2.05) is 52.0 Å². The van der Waals surface area contributed by atoms with Gasteiger partial charge in [0.2, 0.25) is 5.95 Å². The summed E-state index contributed by atoms with van der Waals surface area (Å²) >= 11 is 0. The molecule has 0 spiro atoms. The van der Waals surface area contributed by atoms with Crippen LogP contribution in [0.2, 0.25) is 0 Å². The maximum atomic E-state index is 13.2. The zero-order valence-electron chi connectivity index (χ0n) is 16.2. The van der Waals surface area contributed by atoms with Gasteiger partial charge in [0.15, 0.2) is 0 Å². The normalized spacial score (nSPS) is 17.4. The summed E-state index contributed by atoms with van der Waals surface area (Å²) in [6.07, 6.45) is -5.08. The minimum atomic E-state index is -5.08. The number of nitrogens with zero attached hydrogens (tertiary/aromatic N) is 1. The van der Waals surface area contributed by atoms with Gasteiger partial charge in [-0.05, 0) is 45.3 Å². The van der Waals surface area contributed by atoms with Gasteiger partial charge in [0.25, 0.3) is 0 Å². The van der Waals surface area contributed by atoms with Gasteiger partial charge in [-0.3, -0.25) is 0 Å². The average molecular weight is 413 g/mol. The van der Waals surface area contributed by atoms with E-state index in [1.54, 1.807) is 12.1 Å². The Labute approximate surface area is 165 Å². The third-order valence-corrected chi connectivity index (χ3v) is 4.69. The monoisotopic (exact) mass is 413 g/mol. The molecule has 1 fully saturated rings. The van der Waals surface area contributed by atoms with Gasteiger partial charge in [0.05, 0.1) is 16.9 Å². The smallest absolute Gasteiger partial charge is 0.475 e. The van der Waals surface area contributed by atoms with Gasteiger partial charge in [-0.2, -0.15) is 17.6 Å². The van der Waals surface area contributed by atoms with E-state index in [-0.39, 0.29) is 18.3 Å². The number of carbonyl (C=O) groups is 1. The Hall–Kier alpha value is -2.46. The van der Waals surface area contributed by atoms with E-state index in [9.17, 15) is 17.6 Å². The van der Waals surface area contributed by atoms with Crippen LogP contribution in [0.15, 0.2) is 42.5 Å². The molecular weight excluding hydrogens is 393 g/mol. The Kier molecular flexibility index (Phi) is 6.39. The van der Waals surface area contributed by atoms with Crippen molar-refractivity contribution in [2.75, 3.05) is 0 Å². The first kappa shape index (κ1) is 22.8. The van der Waals surface area contributed by atoms with Gasteiger partial charge in [0.1, 0.15) is 0 Å². The highest BCUT2D eigenvalue weighted by molar-refractivity contribution is 6.62. The first-order valence-corrected chi connectivity index (χ1v) is 8.61. The van der Waals surface area contributed by atoms with Crippen molar-refractivity contribution in [1.82, 2.24) is 4.98 Å². The van der Waals surface area contributed by atoms with Gasteiger partial charge in [-0.25, -0.2) is 9.78 Å². The molecule has 0 amide bonds. The summed E-state index contributed by atoms with van der Waals surface area (Å²) in [4.78, 5) is 12.8. The van der Waals surface area contributed by atoms with Crippen molar-refractivity contribution >= 4 is 18.6 Å². The van der Waals surface area contributed by atoms with Crippen LogP contribution in [0.1, 0.15) is 27.7 Å². The van der Waals surface area contributed by atoms with Crippen LogP contribution < -0.4 is 5.46 Å². The summed E-state index contributed by atoms with van der Waals surface area (Å²) in [6, 6.07) is 12.5. The quantitative estimate of drug-likeness (QED) is 0.461. The van der Waals surface area contributed by atoms with Crippen molar-refractivity contribution in [3.05, 3.63) is 48.4 Å². The SMILES string of the molecule is CC1(C)OB(c2ccc(-c3cccc(F)n3)cc2)OC1(C)C.O=C(O)C(F)(F)F. The van der Waals surface area contributed by atoms with E-state index < -0.39 is 18.1 Å². The van der Waals surface area contributed by atoms with E-state index >= 15 is 0 Å². The van der Waals surface area contributed by atoms with Gasteiger partial charge < -0.3 is 14.4 Å². The molecular formula is C19H20BF4NO4. The number of halogens is 4. The van der Waals surface area contributed by atoms with Crippen molar-refractivity contribution in [1.29, 1.82) is 0 Å². The lowest BCUT2D eigenvalue weighted by atomic mass is 9.79. The van der Waals surface area contributed by atoms with Crippen LogP contribution in [0.3, 0.4) is 0 Å². The number of carboxylic acid groups (broad SMARTS) is 1. The second-order valence-corrected chi connectivity index (χ2v) is 7.36. The number of hydrogen-bond donors (Lipinski definition) is 1. The van der Waals surface area contributed by atoms with Crippen LogP contribution in [0.4, 0.5) is 17.6 Å². The summed E-state index contributed by atoms with van der Waals surface area (Å²) in [6.45, 7) is 8.10. The largest absolute Gasteiger partial charge is 0.494 e. The molecule has 156 valence electrons. The number of rotatable bonds is 2. The topological polar surface area (TPSA) is 68.7 Å². The van der Waals surface area contributed by atoms with Crippen LogP contribution >= 0.6 is 0 Å². The molecule has 10 heteroatoms. The fourth-order valence-corrected chi connectivity index (χ4v) is 2.36. The first-order chi connectivity index (χ1) is 13.2. The fourth-order valence-electron chi connectivity index (χ4n) is 2.36. The second kappa shape index (κ2) is 8.12. The maximum absolute atomic E-state index is 13.2. The van der Waals surface area contributed by atoms with E-state index in [4.69, 9.17) is 19.2 Å². The molecule has 3 rings (SSSR count). The van der Waals surface area contributed by atoms with Crippen molar-refractivity contribution in [2.45, 2.75) is 45.1 Å². The molecule has 0 unspecified atom stereocenters. The van der Waals surface area contributed by atoms with Gasteiger partial charge >= 0.3 is 19.3 Å². The summed E-state index contributed by atoms with van der Waals surface area (Å²) in [7, 11) is -0.389. The predicted molar refractivity (Wildman–Crippen MR) is 99.0 cm³/mol. The third-order valence-electron chi connectivity index (χ3n) is 4.69. The van der Waals surface area contributed by atoms with Crippen LogP contribution in [0, 0.1) is 5.95 Å². The standard InChI is InChI=1S/C17H19BFNO2.C2HF3O2/c1-16(2)17(3,4)22-18(21-16)13-10-8-12(9-11-13)14-6-5-7-15(19)20-14;3-2(4,5)1(6)7/h5-11H,1-4H3;(H,6,7). The summed E-state index contributed by atoms with van der Waals surface area (Å²) in [5.41, 5.74) is 1.69. The van der Waals surface area contributed by atoms with Gasteiger partial charge in [-0.1, -0.05) is 30.3 Å². The number of carboxylic acids is 1. The number of aromatic nitrogens is 1. The Morgan fingerprint density at radius 3 is 1.90 bits per heavy atom. The Balaban J connectivity index is 0.000000370.